The molecule has 0 radical (unpaired) electrons. The summed E-state index contributed by atoms with van der Waals surface area (Å²) in [6.07, 6.45) is -0.300. The largest absolute Gasteiger partial charge is 0.379 e. The van der Waals surface area contributed by atoms with Crippen molar-refractivity contribution in [3.63, 3.8) is 0 Å². The number of nitrogens with zero attached hydrogens (tertiary/aromatic N) is 4. The van der Waals surface area contributed by atoms with Crippen molar-refractivity contribution in [3.8, 4) is 0 Å². The van der Waals surface area contributed by atoms with Gasteiger partial charge in [0.2, 0.25) is 11.7 Å². The number of morpholine rings is 1. The number of hydrogen-bond donors (Lipinski definition) is 1. The highest BCUT2D eigenvalue weighted by atomic mass is 16.5. The maximum atomic E-state index is 12.3. The third-order valence-electron chi connectivity index (χ3n) is 3.36. The Morgan fingerprint density at radius 3 is 3.00 bits per heavy atom. The Morgan fingerprint density at radius 2 is 2.39 bits per heavy atom. The van der Waals surface area contributed by atoms with Crippen LogP contribution in [0.3, 0.4) is 0 Å². The van der Waals surface area contributed by atoms with Gasteiger partial charge in [0.05, 0.1) is 31.8 Å². The number of tetrazole rings is 1. The maximum Gasteiger partial charge on any atom is 0.233 e. The molecule has 3 heterocycles. The molecule has 8 heteroatoms. The first-order chi connectivity index (χ1) is 8.69. The number of H-pyrrole nitrogens is 1. The monoisotopic (exact) mass is 253 g/mol. The highest BCUT2D eigenvalue weighted by molar-refractivity contribution is 5.83. The Morgan fingerprint density at radius 1 is 1.56 bits per heavy atom. The molecule has 98 valence electrons. The smallest absolute Gasteiger partial charge is 0.233 e. The fourth-order valence-corrected chi connectivity index (χ4v) is 2.21. The molecule has 2 saturated heterocycles. The Bertz CT molecular complexity index is 431. The predicted octanol–water partition coefficient (Wildman–Crippen LogP) is -0.864. The van der Waals surface area contributed by atoms with Gasteiger partial charge in [-0.05, 0) is 6.92 Å². The molecule has 3 rings (SSSR count). The Kier molecular flexibility index (Phi) is 2.75. The number of amides is 1. The molecule has 0 saturated carbocycles. The second-order valence-electron chi connectivity index (χ2n) is 4.93. The fourth-order valence-electron chi connectivity index (χ4n) is 2.21. The number of carbonyl (C=O) groups excluding carboxylic acids is 1. The van der Waals surface area contributed by atoms with E-state index in [-0.39, 0.29) is 17.4 Å². The number of rotatable bonds is 2. The van der Waals surface area contributed by atoms with Crippen molar-refractivity contribution in [1.82, 2.24) is 25.5 Å². The van der Waals surface area contributed by atoms with Gasteiger partial charge in [-0.2, -0.15) is 5.21 Å². The summed E-state index contributed by atoms with van der Waals surface area (Å²) in [6, 6.07) is 0. The van der Waals surface area contributed by atoms with Gasteiger partial charge >= 0.3 is 0 Å². The van der Waals surface area contributed by atoms with Crippen LogP contribution in [0.1, 0.15) is 18.9 Å². The third kappa shape index (κ3) is 1.87. The zero-order valence-corrected chi connectivity index (χ0v) is 10.1. The molecule has 1 N–H and O–H groups in total. The number of nitrogens with one attached hydrogen (secondary N) is 1. The fraction of sp³-hybridized carbons (Fsp3) is 0.800. The van der Waals surface area contributed by atoms with E-state index < -0.39 is 0 Å². The number of aromatic amines is 1. The highest BCUT2D eigenvalue weighted by Crippen LogP contribution is 2.31. The molecule has 1 atom stereocenters. The van der Waals surface area contributed by atoms with Crippen LogP contribution in [0.5, 0.6) is 0 Å². The van der Waals surface area contributed by atoms with Crippen molar-refractivity contribution in [1.29, 1.82) is 0 Å². The standard InChI is InChI=1S/C10H15N5O3/c1-10(5-17-6-10)9(16)15-2-3-18-7(4-15)8-11-13-14-12-8/h7H,2-6H2,1H3,(H,11,12,13,14). The summed E-state index contributed by atoms with van der Waals surface area (Å²) in [7, 11) is 0. The van der Waals surface area contributed by atoms with E-state index in [0.29, 0.717) is 38.7 Å². The lowest BCUT2D eigenvalue weighted by atomic mass is 9.86. The van der Waals surface area contributed by atoms with Crippen molar-refractivity contribution >= 4 is 5.91 Å². The molecule has 1 aromatic heterocycles. The van der Waals surface area contributed by atoms with Gasteiger partial charge in [-0.1, -0.05) is 5.21 Å². The average molecular weight is 253 g/mol. The molecule has 18 heavy (non-hydrogen) atoms. The van der Waals surface area contributed by atoms with Crippen LogP contribution in [0.2, 0.25) is 0 Å². The predicted molar refractivity (Wildman–Crippen MR) is 58.4 cm³/mol. The minimum absolute atomic E-state index is 0.116. The zero-order chi connectivity index (χ0) is 12.6. The van der Waals surface area contributed by atoms with Crippen LogP contribution in [-0.2, 0) is 14.3 Å². The molecule has 0 bridgehead atoms. The number of aromatic nitrogens is 4. The first-order valence-electron chi connectivity index (χ1n) is 5.91. The lowest BCUT2D eigenvalue weighted by Gasteiger charge is -2.42. The second kappa shape index (κ2) is 4.29. The van der Waals surface area contributed by atoms with Crippen LogP contribution in [0.25, 0.3) is 0 Å². The van der Waals surface area contributed by atoms with E-state index in [1.165, 1.54) is 0 Å². The number of carbonyl (C=O) groups is 1. The Labute approximate surface area is 104 Å². The van der Waals surface area contributed by atoms with Crippen molar-refractivity contribution in [2.24, 2.45) is 5.41 Å². The van der Waals surface area contributed by atoms with E-state index in [1.54, 1.807) is 4.90 Å². The minimum atomic E-state index is -0.376. The van der Waals surface area contributed by atoms with Crippen molar-refractivity contribution < 1.29 is 14.3 Å². The van der Waals surface area contributed by atoms with Crippen LogP contribution in [0.15, 0.2) is 0 Å². The molecule has 1 aromatic rings. The second-order valence-corrected chi connectivity index (χ2v) is 4.93. The van der Waals surface area contributed by atoms with E-state index in [2.05, 4.69) is 20.6 Å². The Balaban J connectivity index is 1.69. The molecule has 1 amide bonds. The topological polar surface area (TPSA) is 93.2 Å². The van der Waals surface area contributed by atoms with Crippen LogP contribution in [0, 0.1) is 5.41 Å². The van der Waals surface area contributed by atoms with Gasteiger partial charge < -0.3 is 14.4 Å². The van der Waals surface area contributed by atoms with Crippen LogP contribution in [0.4, 0.5) is 0 Å². The molecule has 0 aliphatic carbocycles. The highest BCUT2D eigenvalue weighted by Gasteiger charge is 2.44. The van der Waals surface area contributed by atoms with Gasteiger partial charge in [0.15, 0.2) is 0 Å². The van der Waals surface area contributed by atoms with E-state index in [4.69, 9.17) is 9.47 Å². The van der Waals surface area contributed by atoms with Crippen molar-refractivity contribution in [3.05, 3.63) is 5.82 Å². The van der Waals surface area contributed by atoms with Gasteiger partial charge in [-0.25, -0.2) is 0 Å². The summed E-state index contributed by atoms with van der Waals surface area (Å²) in [5, 5.41) is 13.7. The molecule has 2 fully saturated rings. The summed E-state index contributed by atoms with van der Waals surface area (Å²) < 4.78 is 10.7. The van der Waals surface area contributed by atoms with Crippen LogP contribution in [-0.4, -0.2) is 64.3 Å². The Hall–Kier alpha value is -1.54. The SMILES string of the molecule is CC1(C(=O)N2CCOC(c3nn[nH]n3)C2)COC1. The van der Waals surface area contributed by atoms with Crippen molar-refractivity contribution in [2.75, 3.05) is 32.9 Å². The summed E-state index contributed by atoms with van der Waals surface area (Å²) in [5.74, 6) is 0.605. The summed E-state index contributed by atoms with van der Waals surface area (Å²) >= 11 is 0. The van der Waals surface area contributed by atoms with Gasteiger partial charge in [0.25, 0.3) is 0 Å². The van der Waals surface area contributed by atoms with E-state index >= 15 is 0 Å². The van der Waals surface area contributed by atoms with Crippen molar-refractivity contribution in [2.45, 2.75) is 13.0 Å². The lowest BCUT2D eigenvalue weighted by molar-refractivity contribution is -0.175. The number of ether oxygens (including phenoxy) is 2. The van der Waals surface area contributed by atoms with Crippen LogP contribution >= 0.6 is 0 Å². The van der Waals surface area contributed by atoms with Crippen LogP contribution < -0.4 is 0 Å². The molecule has 1 unspecified atom stereocenters. The molecule has 0 aromatic carbocycles. The van der Waals surface area contributed by atoms with Gasteiger partial charge in [-0.3, -0.25) is 4.79 Å². The lowest BCUT2D eigenvalue weighted by Crippen LogP contribution is -2.56. The first-order valence-corrected chi connectivity index (χ1v) is 5.91. The zero-order valence-electron chi connectivity index (χ0n) is 10.1. The molecule has 2 aliphatic rings. The average Bonchev–Trinajstić information content (AvgIpc) is 2.89. The van der Waals surface area contributed by atoms with E-state index in [9.17, 15) is 4.79 Å². The third-order valence-corrected chi connectivity index (χ3v) is 3.36. The van der Waals surface area contributed by atoms with E-state index in [0.717, 1.165) is 0 Å². The summed E-state index contributed by atoms with van der Waals surface area (Å²) in [5.41, 5.74) is -0.376. The minimum Gasteiger partial charge on any atom is -0.379 e. The first kappa shape index (κ1) is 11.5. The quantitative estimate of drug-likeness (QED) is 0.737. The molecule has 2 aliphatic heterocycles. The maximum absolute atomic E-state index is 12.3. The molecular formula is C10H15N5O3. The van der Waals surface area contributed by atoms with Gasteiger partial charge in [0.1, 0.15) is 6.10 Å². The summed E-state index contributed by atoms with van der Waals surface area (Å²) in [6.45, 7) is 4.47. The normalized spacial score (nSPS) is 26.7. The molecule has 0 spiro atoms. The van der Waals surface area contributed by atoms with Gasteiger partial charge in [0, 0.05) is 6.54 Å². The van der Waals surface area contributed by atoms with Gasteiger partial charge in [-0.15, -0.1) is 10.2 Å². The molecule has 8 nitrogen and oxygen atoms in total. The molecular weight excluding hydrogens is 238 g/mol. The summed E-state index contributed by atoms with van der Waals surface area (Å²) in [4.78, 5) is 14.1. The van der Waals surface area contributed by atoms with E-state index in [1.807, 2.05) is 6.92 Å². The number of hydrogen-bond acceptors (Lipinski definition) is 6.